The number of aromatic nitrogens is 1. The van der Waals surface area contributed by atoms with E-state index in [0.29, 0.717) is 0 Å². The molecule has 2 nitrogen and oxygen atoms in total. The first-order valence-electron chi connectivity index (χ1n) is 6.88. The largest absolute Gasteiger partial charge is 0.348 e. The Kier molecular flexibility index (Phi) is 4.59. The van der Waals surface area contributed by atoms with E-state index in [2.05, 4.69) is 38.3 Å². The maximum atomic E-state index is 4.91. The van der Waals surface area contributed by atoms with Gasteiger partial charge in [0.25, 0.3) is 0 Å². The lowest BCUT2D eigenvalue weighted by molar-refractivity contribution is 0.568. The molecule has 4 heteroatoms. The quantitative estimate of drug-likeness (QED) is 0.817. The molecular weight excluding hydrogens is 260 g/mol. The van der Waals surface area contributed by atoms with Gasteiger partial charge in [0.05, 0.1) is 5.69 Å². The zero-order chi connectivity index (χ0) is 13.2. The fourth-order valence-corrected chi connectivity index (χ4v) is 3.96. The fourth-order valence-electron chi connectivity index (χ4n) is 2.43. The predicted molar refractivity (Wildman–Crippen MR) is 84.2 cm³/mol. The molecule has 2 heterocycles. The minimum atomic E-state index is 0.124. The van der Waals surface area contributed by atoms with Crippen LogP contribution in [0, 0.1) is 0 Å². The van der Waals surface area contributed by atoms with Gasteiger partial charge in [-0.3, -0.25) is 0 Å². The van der Waals surface area contributed by atoms with Crippen LogP contribution in [-0.2, 0) is 11.2 Å². The molecule has 18 heavy (non-hydrogen) atoms. The minimum Gasteiger partial charge on any atom is -0.348 e. The lowest BCUT2D eigenvalue weighted by Gasteiger charge is -2.20. The van der Waals surface area contributed by atoms with Gasteiger partial charge in [0.2, 0.25) is 0 Å². The molecule has 1 aliphatic heterocycles. The zero-order valence-electron chi connectivity index (χ0n) is 11.7. The Morgan fingerprint density at radius 1 is 1.17 bits per heavy atom. The monoisotopic (exact) mass is 284 g/mol. The Morgan fingerprint density at radius 3 is 2.22 bits per heavy atom. The summed E-state index contributed by atoms with van der Waals surface area (Å²) in [6.45, 7) is 9.05. The van der Waals surface area contributed by atoms with Gasteiger partial charge in [0.1, 0.15) is 0 Å². The second kappa shape index (κ2) is 5.83. The maximum absolute atomic E-state index is 4.91. The zero-order valence-corrected chi connectivity index (χ0v) is 13.4. The van der Waals surface area contributed by atoms with E-state index < -0.39 is 0 Å². The van der Waals surface area contributed by atoms with Crippen LogP contribution in [-0.4, -0.2) is 18.1 Å². The summed E-state index contributed by atoms with van der Waals surface area (Å²) < 4.78 is 0. The third-order valence-corrected chi connectivity index (χ3v) is 5.06. The number of hydrogen-bond acceptors (Lipinski definition) is 4. The number of nitrogens with zero attached hydrogens (tertiary/aromatic N) is 2. The Hall–Kier alpha value is -0.220. The van der Waals surface area contributed by atoms with Crippen molar-refractivity contribution < 1.29 is 0 Å². The van der Waals surface area contributed by atoms with E-state index in [1.165, 1.54) is 54.5 Å². The summed E-state index contributed by atoms with van der Waals surface area (Å²) in [5.74, 6) is 0.804. The van der Waals surface area contributed by atoms with Crippen molar-refractivity contribution in [2.75, 3.05) is 18.0 Å². The third-order valence-electron chi connectivity index (χ3n) is 3.42. The summed E-state index contributed by atoms with van der Waals surface area (Å²) in [6, 6.07) is 0. The average molecular weight is 284 g/mol. The lowest BCUT2D eigenvalue weighted by Crippen LogP contribution is -2.24. The van der Waals surface area contributed by atoms with Gasteiger partial charge in [-0.25, -0.2) is 4.98 Å². The molecule has 1 aromatic heterocycles. The Labute approximate surface area is 120 Å². The molecule has 0 radical (unpaired) electrons. The maximum Gasteiger partial charge on any atom is 0.185 e. The van der Waals surface area contributed by atoms with Gasteiger partial charge < -0.3 is 4.90 Å². The lowest BCUT2D eigenvalue weighted by atomic mass is 9.91. The molecule has 0 atom stereocenters. The number of rotatable bonds is 2. The summed E-state index contributed by atoms with van der Waals surface area (Å²) in [7, 11) is 0. The van der Waals surface area contributed by atoms with Crippen molar-refractivity contribution in [2.45, 2.75) is 57.6 Å². The Morgan fingerprint density at radius 2 is 1.78 bits per heavy atom. The topological polar surface area (TPSA) is 16.1 Å². The highest BCUT2D eigenvalue weighted by atomic mass is 32.1. The van der Waals surface area contributed by atoms with Gasteiger partial charge in [0.15, 0.2) is 5.13 Å². The molecule has 1 saturated heterocycles. The summed E-state index contributed by atoms with van der Waals surface area (Å²) in [4.78, 5) is 8.72. The minimum absolute atomic E-state index is 0.124. The average Bonchev–Trinajstić information content (AvgIpc) is 2.57. The van der Waals surface area contributed by atoms with E-state index in [1.807, 2.05) is 11.3 Å². The van der Waals surface area contributed by atoms with Crippen molar-refractivity contribution in [2.24, 2.45) is 0 Å². The van der Waals surface area contributed by atoms with Crippen molar-refractivity contribution in [1.82, 2.24) is 4.98 Å². The number of hydrogen-bond donors (Lipinski definition) is 1. The highest BCUT2D eigenvalue weighted by molar-refractivity contribution is 7.79. The van der Waals surface area contributed by atoms with E-state index >= 15 is 0 Å². The van der Waals surface area contributed by atoms with Crippen LogP contribution in [0.25, 0.3) is 0 Å². The molecular formula is C14H24N2S2. The molecule has 0 spiro atoms. The van der Waals surface area contributed by atoms with E-state index in [0.717, 1.165) is 5.75 Å². The predicted octanol–water partition coefficient (Wildman–Crippen LogP) is 4.25. The van der Waals surface area contributed by atoms with Gasteiger partial charge in [-0.15, -0.1) is 11.3 Å². The van der Waals surface area contributed by atoms with Crippen LogP contribution < -0.4 is 4.90 Å². The van der Waals surface area contributed by atoms with Crippen molar-refractivity contribution in [3.8, 4) is 0 Å². The van der Waals surface area contributed by atoms with Crippen LogP contribution in [0.5, 0.6) is 0 Å². The summed E-state index contributed by atoms with van der Waals surface area (Å²) in [5.41, 5.74) is 1.36. The van der Waals surface area contributed by atoms with Gasteiger partial charge in [0, 0.05) is 29.1 Å². The Balaban J connectivity index is 2.25. The van der Waals surface area contributed by atoms with Crippen LogP contribution in [0.1, 0.15) is 57.0 Å². The first-order chi connectivity index (χ1) is 8.52. The van der Waals surface area contributed by atoms with Crippen LogP contribution in [0.4, 0.5) is 5.13 Å². The third kappa shape index (κ3) is 3.21. The van der Waals surface area contributed by atoms with E-state index in [1.54, 1.807) is 0 Å². The van der Waals surface area contributed by atoms with Crippen molar-refractivity contribution >= 4 is 29.1 Å². The highest BCUT2D eigenvalue weighted by Gasteiger charge is 2.24. The summed E-state index contributed by atoms with van der Waals surface area (Å²) >= 11 is 6.30. The molecule has 1 aromatic rings. The first-order valence-corrected chi connectivity index (χ1v) is 8.33. The number of anilines is 1. The fraction of sp³-hybridized carbons (Fsp3) is 0.786. The number of thiazole rings is 1. The van der Waals surface area contributed by atoms with Gasteiger partial charge in [-0.05, 0) is 12.8 Å². The summed E-state index contributed by atoms with van der Waals surface area (Å²) in [5, 5.41) is 1.21. The van der Waals surface area contributed by atoms with Crippen molar-refractivity contribution in [3.63, 3.8) is 0 Å². The molecule has 0 N–H and O–H groups in total. The Bertz CT molecular complexity index is 385. The molecule has 0 amide bonds. The second-order valence-corrected chi connectivity index (χ2v) is 7.46. The molecule has 0 aromatic carbocycles. The van der Waals surface area contributed by atoms with E-state index in [4.69, 9.17) is 4.98 Å². The standard InChI is InChI=1S/C14H24N2S2/c1-14(2,3)12-11(10-17)18-13(15-12)16-8-6-4-5-7-9-16/h17H,4-10H2,1-3H3. The van der Waals surface area contributed by atoms with Gasteiger partial charge in [-0.1, -0.05) is 33.6 Å². The number of thiol groups is 1. The van der Waals surface area contributed by atoms with Crippen LogP contribution in [0.15, 0.2) is 0 Å². The highest BCUT2D eigenvalue weighted by Crippen LogP contribution is 2.35. The van der Waals surface area contributed by atoms with Crippen molar-refractivity contribution in [3.05, 3.63) is 10.6 Å². The van der Waals surface area contributed by atoms with Gasteiger partial charge in [-0.2, -0.15) is 12.6 Å². The molecule has 0 unspecified atom stereocenters. The molecule has 0 bridgehead atoms. The van der Waals surface area contributed by atoms with Crippen LogP contribution in [0.3, 0.4) is 0 Å². The SMILES string of the molecule is CC(C)(C)c1nc(N2CCCCCC2)sc1CS. The van der Waals surface area contributed by atoms with Crippen LogP contribution in [0.2, 0.25) is 0 Å². The van der Waals surface area contributed by atoms with E-state index in [-0.39, 0.29) is 5.41 Å². The molecule has 0 saturated carbocycles. The molecule has 1 fully saturated rings. The molecule has 2 rings (SSSR count). The first kappa shape index (κ1) is 14.2. The van der Waals surface area contributed by atoms with Crippen LogP contribution >= 0.6 is 24.0 Å². The van der Waals surface area contributed by atoms with E-state index in [9.17, 15) is 0 Å². The second-order valence-electron chi connectivity index (χ2n) is 6.08. The molecule has 1 aliphatic rings. The molecule has 102 valence electrons. The van der Waals surface area contributed by atoms with Crippen molar-refractivity contribution in [1.29, 1.82) is 0 Å². The summed E-state index contributed by atoms with van der Waals surface area (Å²) in [6.07, 6.45) is 5.35. The van der Waals surface area contributed by atoms with Gasteiger partial charge >= 0.3 is 0 Å². The normalized spacial score (nSPS) is 17.9. The smallest absolute Gasteiger partial charge is 0.185 e. The molecule has 0 aliphatic carbocycles.